The van der Waals surface area contributed by atoms with Gasteiger partial charge in [-0.25, -0.2) is 4.98 Å². The molecule has 1 aliphatic heterocycles. The molecule has 4 N–H and O–H groups in total. The summed E-state index contributed by atoms with van der Waals surface area (Å²) in [6.45, 7) is 1.39. The number of aromatic amines is 1. The number of amides is 1. The average molecular weight is 278 g/mol. The minimum absolute atomic E-state index is 0.0124. The fourth-order valence-electron chi connectivity index (χ4n) is 3.27. The molecule has 1 saturated carbocycles. The van der Waals surface area contributed by atoms with Crippen molar-refractivity contribution in [2.24, 2.45) is 5.41 Å². The standard InChI is InChI=1S/C14H22N4O2/c19-8-14(3-1-2-4-14)7-16-13(20)11-5-10-12(6-15-11)18-9-17-10/h9,11,15,19H,1-8H2,(H,16,20)(H,17,18). The summed E-state index contributed by atoms with van der Waals surface area (Å²) in [5, 5.41) is 15.8. The number of imidazole rings is 1. The number of hydrogen-bond donors (Lipinski definition) is 4. The first-order valence-electron chi connectivity index (χ1n) is 7.35. The summed E-state index contributed by atoms with van der Waals surface area (Å²) in [7, 11) is 0. The summed E-state index contributed by atoms with van der Waals surface area (Å²) >= 11 is 0. The van der Waals surface area contributed by atoms with Crippen molar-refractivity contribution in [3.63, 3.8) is 0 Å². The van der Waals surface area contributed by atoms with E-state index in [-0.39, 0.29) is 24.0 Å². The molecule has 1 aromatic heterocycles. The van der Waals surface area contributed by atoms with E-state index in [1.807, 2.05) is 0 Å². The van der Waals surface area contributed by atoms with E-state index in [2.05, 4.69) is 20.6 Å². The lowest BCUT2D eigenvalue weighted by Gasteiger charge is -2.29. The van der Waals surface area contributed by atoms with Crippen molar-refractivity contribution in [2.75, 3.05) is 13.2 Å². The van der Waals surface area contributed by atoms with E-state index in [4.69, 9.17) is 0 Å². The summed E-state index contributed by atoms with van der Waals surface area (Å²) in [6.07, 6.45) is 6.60. The molecule has 2 aliphatic rings. The third-order valence-electron chi connectivity index (χ3n) is 4.68. The number of nitrogens with zero attached hydrogens (tertiary/aromatic N) is 1. The van der Waals surface area contributed by atoms with Crippen LogP contribution < -0.4 is 10.6 Å². The van der Waals surface area contributed by atoms with E-state index in [9.17, 15) is 9.90 Å². The van der Waals surface area contributed by atoms with E-state index < -0.39 is 0 Å². The SMILES string of the molecule is O=C(NCC1(CO)CCCC1)C1Cc2nc[nH]c2CN1. The highest BCUT2D eigenvalue weighted by Crippen LogP contribution is 2.36. The summed E-state index contributed by atoms with van der Waals surface area (Å²) in [5.41, 5.74) is 1.94. The molecule has 0 bridgehead atoms. The van der Waals surface area contributed by atoms with Gasteiger partial charge in [0.05, 0.1) is 30.4 Å². The maximum atomic E-state index is 12.3. The first-order chi connectivity index (χ1) is 9.72. The maximum absolute atomic E-state index is 12.3. The predicted molar refractivity (Wildman–Crippen MR) is 73.9 cm³/mol. The molecule has 6 heteroatoms. The molecule has 1 atom stereocenters. The minimum Gasteiger partial charge on any atom is -0.396 e. The summed E-state index contributed by atoms with van der Waals surface area (Å²) in [5.74, 6) is 0.0124. The molecule has 3 rings (SSSR count). The largest absolute Gasteiger partial charge is 0.396 e. The van der Waals surface area contributed by atoms with Crippen LogP contribution in [0, 0.1) is 5.41 Å². The Bertz CT molecular complexity index is 479. The fourth-order valence-corrected chi connectivity index (χ4v) is 3.27. The number of aliphatic hydroxyl groups is 1. The number of rotatable bonds is 4. The van der Waals surface area contributed by atoms with Gasteiger partial charge in [0, 0.05) is 24.9 Å². The quantitative estimate of drug-likeness (QED) is 0.628. The molecule has 1 unspecified atom stereocenters. The molecular formula is C14H22N4O2. The van der Waals surface area contributed by atoms with Crippen LogP contribution in [0.5, 0.6) is 0 Å². The van der Waals surface area contributed by atoms with Crippen molar-refractivity contribution in [2.45, 2.75) is 44.7 Å². The second kappa shape index (κ2) is 5.54. The highest BCUT2D eigenvalue weighted by Gasteiger charge is 2.34. The van der Waals surface area contributed by atoms with Gasteiger partial charge in [-0.1, -0.05) is 12.8 Å². The molecule has 0 radical (unpaired) electrons. The van der Waals surface area contributed by atoms with Gasteiger partial charge < -0.3 is 15.4 Å². The number of hydrogen-bond acceptors (Lipinski definition) is 4. The molecule has 1 aliphatic carbocycles. The molecule has 0 spiro atoms. The molecule has 0 saturated heterocycles. The van der Waals surface area contributed by atoms with E-state index in [0.29, 0.717) is 19.5 Å². The maximum Gasteiger partial charge on any atom is 0.237 e. The van der Waals surface area contributed by atoms with Crippen LogP contribution in [0.1, 0.15) is 37.1 Å². The van der Waals surface area contributed by atoms with Crippen LogP contribution >= 0.6 is 0 Å². The Morgan fingerprint density at radius 3 is 3.05 bits per heavy atom. The third-order valence-corrected chi connectivity index (χ3v) is 4.68. The Kier molecular flexibility index (Phi) is 3.76. The van der Waals surface area contributed by atoms with Gasteiger partial charge in [0.1, 0.15) is 0 Å². The zero-order valence-corrected chi connectivity index (χ0v) is 11.6. The van der Waals surface area contributed by atoms with Crippen LogP contribution in [0.25, 0.3) is 0 Å². The molecule has 1 aromatic rings. The van der Waals surface area contributed by atoms with Crippen molar-refractivity contribution < 1.29 is 9.90 Å². The Hall–Kier alpha value is -1.40. The van der Waals surface area contributed by atoms with Gasteiger partial charge >= 0.3 is 0 Å². The molecule has 1 fully saturated rings. The van der Waals surface area contributed by atoms with Crippen LogP contribution in [-0.2, 0) is 17.8 Å². The van der Waals surface area contributed by atoms with Crippen molar-refractivity contribution in [3.05, 3.63) is 17.7 Å². The number of aromatic nitrogens is 2. The van der Waals surface area contributed by atoms with Crippen molar-refractivity contribution in [1.82, 2.24) is 20.6 Å². The second-order valence-electron chi connectivity index (χ2n) is 6.05. The summed E-state index contributed by atoms with van der Waals surface area (Å²) in [6, 6.07) is -0.219. The highest BCUT2D eigenvalue weighted by molar-refractivity contribution is 5.82. The van der Waals surface area contributed by atoms with Crippen LogP contribution in [0.2, 0.25) is 0 Å². The monoisotopic (exact) mass is 278 g/mol. The third kappa shape index (κ3) is 2.58. The van der Waals surface area contributed by atoms with Gasteiger partial charge in [-0.05, 0) is 12.8 Å². The highest BCUT2D eigenvalue weighted by atomic mass is 16.3. The lowest BCUT2D eigenvalue weighted by molar-refractivity contribution is -0.124. The van der Waals surface area contributed by atoms with Crippen molar-refractivity contribution >= 4 is 5.91 Å². The number of carbonyl (C=O) groups is 1. The Morgan fingerprint density at radius 2 is 2.30 bits per heavy atom. The van der Waals surface area contributed by atoms with Crippen LogP contribution in [-0.4, -0.2) is 40.2 Å². The number of H-pyrrole nitrogens is 1. The molecular weight excluding hydrogens is 256 g/mol. The Labute approximate surface area is 118 Å². The van der Waals surface area contributed by atoms with E-state index in [1.54, 1.807) is 6.33 Å². The van der Waals surface area contributed by atoms with E-state index in [1.165, 1.54) is 0 Å². The van der Waals surface area contributed by atoms with Gasteiger partial charge in [0.2, 0.25) is 5.91 Å². The molecule has 110 valence electrons. The Balaban J connectivity index is 1.55. The van der Waals surface area contributed by atoms with Gasteiger partial charge in [-0.15, -0.1) is 0 Å². The number of fused-ring (bicyclic) bond motifs is 1. The molecule has 0 aromatic carbocycles. The Morgan fingerprint density at radius 1 is 1.50 bits per heavy atom. The lowest BCUT2D eigenvalue weighted by Crippen LogP contribution is -2.50. The van der Waals surface area contributed by atoms with Crippen molar-refractivity contribution in [1.29, 1.82) is 0 Å². The molecule has 6 nitrogen and oxygen atoms in total. The minimum atomic E-state index is -0.219. The lowest BCUT2D eigenvalue weighted by atomic mass is 9.87. The van der Waals surface area contributed by atoms with Crippen LogP contribution in [0.15, 0.2) is 6.33 Å². The first kappa shape index (κ1) is 13.6. The first-order valence-corrected chi connectivity index (χ1v) is 7.35. The predicted octanol–water partition coefficient (Wildman–Crippen LogP) is 0.0929. The summed E-state index contributed by atoms with van der Waals surface area (Å²) in [4.78, 5) is 19.6. The van der Waals surface area contributed by atoms with Crippen molar-refractivity contribution in [3.8, 4) is 0 Å². The van der Waals surface area contributed by atoms with Gasteiger partial charge in [-0.2, -0.15) is 0 Å². The number of nitrogens with one attached hydrogen (secondary N) is 3. The fraction of sp³-hybridized carbons (Fsp3) is 0.714. The normalized spacial score (nSPS) is 24.4. The van der Waals surface area contributed by atoms with Gasteiger partial charge in [-0.3, -0.25) is 10.1 Å². The van der Waals surface area contributed by atoms with Gasteiger partial charge in [0.25, 0.3) is 0 Å². The van der Waals surface area contributed by atoms with Gasteiger partial charge in [0.15, 0.2) is 0 Å². The average Bonchev–Trinajstić information content (AvgIpc) is 3.13. The topological polar surface area (TPSA) is 90.0 Å². The van der Waals surface area contributed by atoms with Crippen LogP contribution in [0.4, 0.5) is 0 Å². The zero-order chi connectivity index (χ0) is 14.0. The second-order valence-corrected chi connectivity index (χ2v) is 6.05. The zero-order valence-electron chi connectivity index (χ0n) is 11.6. The number of carbonyl (C=O) groups excluding carboxylic acids is 1. The molecule has 2 heterocycles. The smallest absolute Gasteiger partial charge is 0.237 e. The van der Waals surface area contributed by atoms with E-state index in [0.717, 1.165) is 37.1 Å². The molecule has 20 heavy (non-hydrogen) atoms. The number of aliphatic hydroxyl groups excluding tert-OH is 1. The summed E-state index contributed by atoms with van der Waals surface area (Å²) < 4.78 is 0. The van der Waals surface area contributed by atoms with Crippen LogP contribution in [0.3, 0.4) is 0 Å². The molecule has 1 amide bonds. The van der Waals surface area contributed by atoms with E-state index >= 15 is 0 Å².